The highest BCUT2D eigenvalue weighted by Gasteiger charge is 2.09. The molecule has 2 rings (SSSR count). The molecule has 1 aromatic carbocycles. The lowest BCUT2D eigenvalue weighted by atomic mass is 10.1. The number of carbonyl (C=O) groups is 1. The molecular weight excluding hydrogens is 286 g/mol. The number of hydrogen-bond donors (Lipinski definition) is 2. The highest BCUT2D eigenvalue weighted by Crippen LogP contribution is 2.19. The largest absolute Gasteiger partial charge is 0.378 e. The Morgan fingerprint density at radius 2 is 1.96 bits per heavy atom. The number of anilines is 1. The maximum absolute atomic E-state index is 12.1. The SMILES string of the molecule is CCCCCNC(=O)c1cc(NC(C)c2ccccc2)ccn1. The van der Waals surface area contributed by atoms with Gasteiger partial charge in [-0.15, -0.1) is 0 Å². The van der Waals surface area contributed by atoms with Crippen molar-refractivity contribution in [2.45, 2.75) is 39.2 Å². The van der Waals surface area contributed by atoms with Crippen molar-refractivity contribution in [3.8, 4) is 0 Å². The average molecular weight is 311 g/mol. The molecule has 0 radical (unpaired) electrons. The molecule has 2 N–H and O–H groups in total. The van der Waals surface area contributed by atoms with Gasteiger partial charge in [0.1, 0.15) is 5.69 Å². The summed E-state index contributed by atoms with van der Waals surface area (Å²) in [6.07, 6.45) is 4.95. The molecule has 0 aliphatic rings. The molecule has 23 heavy (non-hydrogen) atoms. The maximum Gasteiger partial charge on any atom is 0.269 e. The van der Waals surface area contributed by atoms with Gasteiger partial charge in [-0.2, -0.15) is 0 Å². The lowest BCUT2D eigenvalue weighted by Gasteiger charge is -2.16. The molecule has 0 aliphatic carbocycles. The number of unbranched alkanes of at least 4 members (excludes halogenated alkanes) is 2. The number of rotatable bonds is 8. The van der Waals surface area contributed by atoms with Crippen LogP contribution in [0.1, 0.15) is 55.2 Å². The monoisotopic (exact) mass is 311 g/mol. The zero-order valence-electron chi connectivity index (χ0n) is 13.9. The van der Waals surface area contributed by atoms with E-state index in [9.17, 15) is 4.79 Å². The topological polar surface area (TPSA) is 54.0 Å². The number of carbonyl (C=O) groups excluding carboxylic acids is 1. The Kier molecular flexibility index (Phi) is 6.60. The molecule has 1 aromatic heterocycles. The fraction of sp³-hybridized carbons (Fsp3) is 0.368. The zero-order chi connectivity index (χ0) is 16.5. The summed E-state index contributed by atoms with van der Waals surface area (Å²) in [5.41, 5.74) is 2.55. The van der Waals surface area contributed by atoms with Crippen LogP contribution in [-0.4, -0.2) is 17.4 Å². The van der Waals surface area contributed by atoms with Crippen LogP contribution in [0.4, 0.5) is 5.69 Å². The van der Waals surface area contributed by atoms with E-state index in [-0.39, 0.29) is 11.9 Å². The van der Waals surface area contributed by atoms with Gasteiger partial charge in [0, 0.05) is 24.5 Å². The number of pyridine rings is 1. The predicted octanol–water partition coefficient (Wildman–Crippen LogP) is 4.17. The fourth-order valence-electron chi connectivity index (χ4n) is 2.39. The van der Waals surface area contributed by atoms with Gasteiger partial charge in [-0.05, 0) is 31.0 Å². The molecule has 0 spiro atoms. The molecule has 1 amide bonds. The van der Waals surface area contributed by atoms with E-state index in [0.29, 0.717) is 12.2 Å². The third-order valence-corrected chi connectivity index (χ3v) is 3.74. The van der Waals surface area contributed by atoms with Crippen molar-refractivity contribution in [3.05, 3.63) is 59.9 Å². The molecule has 1 atom stereocenters. The zero-order valence-corrected chi connectivity index (χ0v) is 13.9. The highest BCUT2D eigenvalue weighted by atomic mass is 16.1. The summed E-state index contributed by atoms with van der Waals surface area (Å²) in [5.74, 6) is -0.114. The molecule has 1 heterocycles. The van der Waals surface area contributed by atoms with E-state index >= 15 is 0 Å². The maximum atomic E-state index is 12.1. The minimum absolute atomic E-state index is 0.114. The lowest BCUT2D eigenvalue weighted by molar-refractivity contribution is 0.0948. The normalized spacial score (nSPS) is 11.7. The first-order chi connectivity index (χ1) is 11.2. The van der Waals surface area contributed by atoms with Crippen LogP contribution in [-0.2, 0) is 0 Å². The first-order valence-electron chi connectivity index (χ1n) is 8.26. The van der Waals surface area contributed by atoms with E-state index in [0.717, 1.165) is 24.9 Å². The van der Waals surface area contributed by atoms with Crippen molar-refractivity contribution < 1.29 is 4.79 Å². The van der Waals surface area contributed by atoms with Crippen LogP contribution in [0.2, 0.25) is 0 Å². The van der Waals surface area contributed by atoms with Crippen LogP contribution in [0.15, 0.2) is 48.7 Å². The molecule has 0 saturated heterocycles. The van der Waals surface area contributed by atoms with Crippen molar-refractivity contribution in [1.82, 2.24) is 10.3 Å². The average Bonchev–Trinajstić information content (AvgIpc) is 2.59. The van der Waals surface area contributed by atoms with E-state index in [4.69, 9.17) is 0 Å². The van der Waals surface area contributed by atoms with Gasteiger partial charge in [-0.25, -0.2) is 0 Å². The summed E-state index contributed by atoms with van der Waals surface area (Å²) in [6.45, 7) is 4.94. The van der Waals surface area contributed by atoms with Crippen LogP contribution in [0.5, 0.6) is 0 Å². The third kappa shape index (κ3) is 5.40. The Labute approximate surface area is 138 Å². The van der Waals surface area contributed by atoms with Crippen LogP contribution in [0.3, 0.4) is 0 Å². The Balaban J connectivity index is 1.95. The Morgan fingerprint density at radius 1 is 1.17 bits per heavy atom. The van der Waals surface area contributed by atoms with Crippen LogP contribution < -0.4 is 10.6 Å². The number of aromatic nitrogens is 1. The number of amides is 1. The van der Waals surface area contributed by atoms with Crippen molar-refractivity contribution in [3.63, 3.8) is 0 Å². The van der Waals surface area contributed by atoms with Gasteiger partial charge in [0.15, 0.2) is 0 Å². The first kappa shape index (κ1) is 17.0. The Bertz CT molecular complexity index is 613. The smallest absolute Gasteiger partial charge is 0.269 e. The fourth-order valence-corrected chi connectivity index (χ4v) is 2.39. The second kappa shape index (κ2) is 8.93. The van der Waals surface area contributed by atoms with Crippen LogP contribution >= 0.6 is 0 Å². The second-order valence-electron chi connectivity index (χ2n) is 5.67. The van der Waals surface area contributed by atoms with Gasteiger partial charge >= 0.3 is 0 Å². The second-order valence-corrected chi connectivity index (χ2v) is 5.67. The van der Waals surface area contributed by atoms with Crippen molar-refractivity contribution in [1.29, 1.82) is 0 Å². The van der Waals surface area contributed by atoms with Crippen molar-refractivity contribution in [2.75, 3.05) is 11.9 Å². The van der Waals surface area contributed by atoms with E-state index in [1.54, 1.807) is 12.3 Å². The third-order valence-electron chi connectivity index (χ3n) is 3.74. The molecule has 2 aromatic rings. The van der Waals surface area contributed by atoms with Gasteiger partial charge in [0.25, 0.3) is 5.91 Å². The standard InChI is InChI=1S/C19H25N3O/c1-3-4-8-12-21-19(23)18-14-17(11-13-20-18)22-15(2)16-9-6-5-7-10-16/h5-7,9-11,13-15H,3-4,8,12H2,1-2H3,(H,20,22)(H,21,23). The van der Waals surface area contributed by atoms with Gasteiger partial charge in [-0.3, -0.25) is 9.78 Å². The van der Waals surface area contributed by atoms with Crippen molar-refractivity contribution in [2.24, 2.45) is 0 Å². The number of benzene rings is 1. The van der Waals surface area contributed by atoms with E-state index in [1.807, 2.05) is 24.3 Å². The molecule has 4 heteroatoms. The molecular formula is C19H25N3O. The summed E-state index contributed by atoms with van der Waals surface area (Å²) in [6, 6.07) is 14.1. The summed E-state index contributed by atoms with van der Waals surface area (Å²) in [5, 5.41) is 6.33. The van der Waals surface area contributed by atoms with Crippen LogP contribution in [0.25, 0.3) is 0 Å². The number of nitrogens with one attached hydrogen (secondary N) is 2. The summed E-state index contributed by atoms with van der Waals surface area (Å²) >= 11 is 0. The Hall–Kier alpha value is -2.36. The molecule has 4 nitrogen and oxygen atoms in total. The van der Waals surface area contributed by atoms with Gasteiger partial charge in [0.2, 0.25) is 0 Å². The van der Waals surface area contributed by atoms with Gasteiger partial charge in [0.05, 0.1) is 0 Å². The predicted molar refractivity (Wildman–Crippen MR) is 94.6 cm³/mol. The molecule has 0 saturated carbocycles. The first-order valence-corrected chi connectivity index (χ1v) is 8.26. The Morgan fingerprint density at radius 3 is 2.70 bits per heavy atom. The summed E-state index contributed by atoms with van der Waals surface area (Å²) < 4.78 is 0. The summed E-state index contributed by atoms with van der Waals surface area (Å²) in [7, 11) is 0. The van der Waals surface area contributed by atoms with Crippen LogP contribution in [0, 0.1) is 0 Å². The van der Waals surface area contributed by atoms with E-state index in [1.165, 1.54) is 5.56 Å². The van der Waals surface area contributed by atoms with E-state index in [2.05, 4.69) is 41.6 Å². The number of hydrogen-bond acceptors (Lipinski definition) is 3. The van der Waals surface area contributed by atoms with Crippen molar-refractivity contribution >= 4 is 11.6 Å². The van der Waals surface area contributed by atoms with E-state index < -0.39 is 0 Å². The molecule has 0 fully saturated rings. The summed E-state index contributed by atoms with van der Waals surface area (Å²) in [4.78, 5) is 16.3. The molecule has 0 bridgehead atoms. The minimum Gasteiger partial charge on any atom is -0.378 e. The lowest BCUT2D eigenvalue weighted by Crippen LogP contribution is -2.25. The number of nitrogens with zero attached hydrogens (tertiary/aromatic N) is 1. The quantitative estimate of drug-likeness (QED) is 0.719. The van der Waals surface area contributed by atoms with Gasteiger partial charge in [-0.1, -0.05) is 50.1 Å². The highest BCUT2D eigenvalue weighted by molar-refractivity contribution is 5.93. The molecule has 1 unspecified atom stereocenters. The minimum atomic E-state index is -0.114. The molecule has 0 aliphatic heterocycles. The van der Waals surface area contributed by atoms with Gasteiger partial charge < -0.3 is 10.6 Å². The molecule has 122 valence electrons.